The van der Waals surface area contributed by atoms with Crippen LogP contribution in [0.4, 0.5) is 5.69 Å². The molecule has 1 aromatic carbocycles. The van der Waals surface area contributed by atoms with Gasteiger partial charge in [0.15, 0.2) is 0 Å². The standard InChI is InChI=1S/C20H32N2O3/c1-2-3-4-5-6-7-8-9-10-11-16-21-20(23)17-18-12-14-19(15-13-18)22(24)25/h12-15H,2-11,16-17H2,1H3,(H,21,23). The normalized spacial score (nSPS) is 10.6. The average Bonchev–Trinajstić information content (AvgIpc) is 2.60. The summed E-state index contributed by atoms with van der Waals surface area (Å²) in [5, 5.41) is 13.5. The lowest BCUT2D eigenvalue weighted by Gasteiger charge is -2.06. The molecule has 0 aliphatic heterocycles. The van der Waals surface area contributed by atoms with Gasteiger partial charge in [0.2, 0.25) is 5.91 Å². The number of carbonyl (C=O) groups excluding carboxylic acids is 1. The van der Waals surface area contributed by atoms with Crippen LogP contribution >= 0.6 is 0 Å². The van der Waals surface area contributed by atoms with Gasteiger partial charge in [0.1, 0.15) is 0 Å². The van der Waals surface area contributed by atoms with E-state index in [9.17, 15) is 14.9 Å². The van der Waals surface area contributed by atoms with Crippen molar-refractivity contribution in [2.45, 2.75) is 77.6 Å². The first kappa shape index (κ1) is 21.1. The zero-order valence-corrected chi connectivity index (χ0v) is 15.5. The van der Waals surface area contributed by atoms with Crippen molar-refractivity contribution in [3.05, 3.63) is 39.9 Å². The number of amides is 1. The van der Waals surface area contributed by atoms with Crippen molar-refractivity contribution in [2.75, 3.05) is 6.54 Å². The second kappa shape index (κ2) is 13.4. The molecule has 0 radical (unpaired) electrons. The molecule has 0 atom stereocenters. The Bertz CT molecular complexity index is 500. The molecule has 1 rings (SSSR count). The number of hydrogen-bond donors (Lipinski definition) is 1. The first-order chi connectivity index (χ1) is 12.1. The second-order valence-corrected chi connectivity index (χ2v) is 6.63. The predicted octanol–water partition coefficient (Wildman–Crippen LogP) is 5.17. The molecule has 1 N–H and O–H groups in total. The quantitative estimate of drug-likeness (QED) is 0.286. The number of unbranched alkanes of at least 4 members (excludes halogenated alkanes) is 9. The van der Waals surface area contributed by atoms with Crippen molar-refractivity contribution in [1.29, 1.82) is 0 Å². The third kappa shape index (κ3) is 10.5. The lowest BCUT2D eigenvalue weighted by Crippen LogP contribution is -2.26. The van der Waals surface area contributed by atoms with Gasteiger partial charge in [-0.1, -0.05) is 76.8 Å². The fraction of sp³-hybridized carbons (Fsp3) is 0.650. The highest BCUT2D eigenvalue weighted by atomic mass is 16.6. The molecule has 0 saturated heterocycles. The van der Waals surface area contributed by atoms with Crippen molar-refractivity contribution in [2.24, 2.45) is 0 Å². The van der Waals surface area contributed by atoms with E-state index >= 15 is 0 Å². The van der Waals surface area contributed by atoms with Crippen LogP contribution in [0.2, 0.25) is 0 Å². The summed E-state index contributed by atoms with van der Waals surface area (Å²) in [6.07, 6.45) is 13.1. The van der Waals surface area contributed by atoms with Crippen molar-refractivity contribution in [3.8, 4) is 0 Å². The maximum Gasteiger partial charge on any atom is 0.269 e. The van der Waals surface area contributed by atoms with Gasteiger partial charge in [-0.2, -0.15) is 0 Å². The van der Waals surface area contributed by atoms with Crippen molar-refractivity contribution >= 4 is 11.6 Å². The summed E-state index contributed by atoms with van der Waals surface area (Å²) in [7, 11) is 0. The van der Waals surface area contributed by atoms with E-state index in [-0.39, 0.29) is 18.0 Å². The second-order valence-electron chi connectivity index (χ2n) is 6.63. The van der Waals surface area contributed by atoms with Crippen LogP contribution in [0.5, 0.6) is 0 Å². The van der Waals surface area contributed by atoms with E-state index in [1.807, 2.05) is 0 Å². The molecular weight excluding hydrogens is 316 g/mol. The first-order valence-corrected chi connectivity index (χ1v) is 9.63. The monoisotopic (exact) mass is 348 g/mol. The van der Waals surface area contributed by atoms with Crippen molar-refractivity contribution in [1.82, 2.24) is 5.32 Å². The molecule has 0 fully saturated rings. The topological polar surface area (TPSA) is 72.2 Å². The molecule has 0 bridgehead atoms. The summed E-state index contributed by atoms with van der Waals surface area (Å²) < 4.78 is 0. The lowest BCUT2D eigenvalue weighted by atomic mass is 10.1. The van der Waals surface area contributed by atoms with Gasteiger partial charge in [0.25, 0.3) is 5.69 Å². The highest BCUT2D eigenvalue weighted by Crippen LogP contribution is 2.12. The molecule has 140 valence electrons. The molecular formula is C20H32N2O3. The smallest absolute Gasteiger partial charge is 0.269 e. The Morgan fingerprint density at radius 1 is 0.920 bits per heavy atom. The van der Waals surface area contributed by atoms with Crippen LogP contribution in [0.25, 0.3) is 0 Å². The maximum absolute atomic E-state index is 11.8. The van der Waals surface area contributed by atoms with E-state index in [1.54, 1.807) is 12.1 Å². The van der Waals surface area contributed by atoms with Gasteiger partial charge in [-0.3, -0.25) is 14.9 Å². The summed E-state index contributed by atoms with van der Waals surface area (Å²) in [4.78, 5) is 22.0. The fourth-order valence-electron chi connectivity index (χ4n) is 2.82. The number of nitro groups is 1. The number of nitro benzene ring substituents is 1. The Hall–Kier alpha value is -1.91. The van der Waals surface area contributed by atoms with Crippen LogP contribution in [-0.2, 0) is 11.2 Å². The summed E-state index contributed by atoms with van der Waals surface area (Å²) in [5.74, 6) is -0.0234. The number of nitrogens with one attached hydrogen (secondary N) is 1. The van der Waals surface area contributed by atoms with Crippen LogP contribution in [0.3, 0.4) is 0 Å². The van der Waals surface area contributed by atoms with E-state index in [2.05, 4.69) is 12.2 Å². The lowest BCUT2D eigenvalue weighted by molar-refractivity contribution is -0.384. The van der Waals surface area contributed by atoms with Gasteiger partial charge in [0, 0.05) is 18.7 Å². The number of hydrogen-bond acceptors (Lipinski definition) is 3. The minimum atomic E-state index is -0.435. The maximum atomic E-state index is 11.8. The molecule has 5 heteroatoms. The van der Waals surface area contributed by atoms with E-state index in [0.717, 1.165) is 18.4 Å². The van der Waals surface area contributed by atoms with Crippen LogP contribution in [-0.4, -0.2) is 17.4 Å². The Morgan fingerprint density at radius 2 is 1.44 bits per heavy atom. The molecule has 0 unspecified atom stereocenters. The van der Waals surface area contributed by atoms with Crippen LogP contribution in [0, 0.1) is 10.1 Å². The summed E-state index contributed by atoms with van der Waals surface area (Å²) in [5.41, 5.74) is 0.848. The van der Waals surface area contributed by atoms with Gasteiger partial charge < -0.3 is 5.32 Å². The minimum Gasteiger partial charge on any atom is -0.356 e. The zero-order valence-electron chi connectivity index (χ0n) is 15.5. The van der Waals surface area contributed by atoms with Crippen molar-refractivity contribution in [3.63, 3.8) is 0 Å². The third-order valence-electron chi connectivity index (χ3n) is 4.36. The van der Waals surface area contributed by atoms with Gasteiger partial charge in [-0.05, 0) is 12.0 Å². The van der Waals surface area contributed by atoms with E-state index < -0.39 is 4.92 Å². The van der Waals surface area contributed by atoms with E-state index in [4.69, 9.17) is 0 Å². The molecule has 0 aromatic heterocycles. The Kier molecular flexibility index (Phi) is 11.3. The van der Waals surface area contributed by atoms with Crippen LogP contribution in [0.1, 0.15) is 76.7 Å². The Balaban J connectivity index is 1.99. The molecule has 0 aliphatic rings. The SMILES string of the molecule is CCCCCCCCCCCCNC(=O)Cc1ccc([N+](=O)[O-])cc1. The highest BCUT2D eigenvalue weighted by Gasteiger charge is 2.06. The summed E-state index contributed by atoms with van der Waals surface area (Å²) in [6.45, 7) is 2.95. The molecule has 0 heterocycles. The Morgan fingerprint density at radius 3 is 1.96 bits per heavy atom. The third-order valence-corrected chi connectivity index (χ3v) is 4.36. The highest BCUT2D eigenvalue weighted by molar-refractivity contribution is 5.78. The molecule has 25 heavy (non-hydrogen) atoms. The van der Waals surface area contributed by atoms with E-state index in [0.29, 0.717) is 6.54 Å². The number of carbonyl (C=O) groups is 1. The molecule has 1 amide bonds. The fourth-order valence-corrected chi connectivity index (χ4v) is 2.82. The first-order valence-electron chi connectivity index (χ1n) is 9.63. The van der Waals surface area contributed by atoms with Gasteiger partial charge >= 0.3 is 0 Å². The Labute approximate surface area is 151 Å². The number of benzene rings is 1. The van der Waals surface area contributed by atoms with Gasteiger partial charge in [-0.25, -0.2) is 0 Å². The van der Waals surface area contributed by atoms with Gasteiger partial charge in [0.05, 0.1) is 11.3 Å². The van der Waals surface area contributed by atoms with E-state index in [1.165, 1.54) is 63.5 Å². The minimum absolute atomic E-state index is 0.0234. The van der Waals surface area contributed by atoms with Gasteiger partial charge in [-0.15, -0.1) is 0 Å². The largest absolute Gasteiger partial charge is 0.356 e. The van der Waals surface area contributed by atoms with Crippen LogP contribution < -0.4 is 5.32 Å². The number of rotatable bonds is 14. The molecule has 5 nitrogen and oxygen atoms in total. The molecule has 0 aliphatic carbocycles. The summed E-state index contributed by atoms with van der Waals surface area (Å²) >= 11 is 0. The van der Waals surface area contributed by atoms with Crippen molar-refractivity contribution < 1.29 is 9.72 Å². The predicted molar refractivity (Wildman–Crippen MR) is 102 cm³/mol. The zero-order chi connectivity index (χ0) is 18.3. The molecule has 1 aromatic rings. The number of nitrogens with zero attached hydrogens (tertiary/aromatic N) is 1. The average molecular weight is 348 g/mol. The number of non-ortho nitro benzene ring substituents is 1. The molecule has 0 spiro atoms. The van der Waals surface area contributed by atoms with Crippen LogP contribution in [0.15, 0.2) is 24.3 Å². The summed E-state index contributed by atoms with van der Waals surface area (Å²) in [6, 6.07) is 6.15. The molecule has 0 saturated carbocycles.